The van der Waals surface area contributed by atoms with E-state index in [9.17, 15) is 9.59 Å². The van der Waals surface area contributed by atoms with Crippen molar-refractivity contribution in [3.8, 4) is 0 Å². The summed E-state index contributed by atoms with van der Waals surface area (Å²) in [4.78, 5) is 35.3. The molecule has 29 heavy (non-hydrogen) atoms. The second-order valence-electron chi connectivity index (χ2n) is 7.58. The van der Waals surface area contributed by atoms with Crippen LogP contribution in [-0.2, 0) is 16.0 Å². The molecule has 0 aromatic carbocycles. The van der Waals surface area contributed by atoms with Crippen LogP contribution in [0.5, 0.6) is 0 Å². The van der Waals surface area contributed by atoms with Crippen molar-refractivity contribution in [2.24, 2.45) is 0 Å². The van der Waals surface area contributed by atoms with Crippen LogP contribution < -0.4 is 10.2 Å². The number of nitrogens with one attached hydrogen (secondary N) is 1. The highest BCUT2D eigenvalue weighted by Crippen LogP contribution is 2.22. The van der Waals surface area contributed by atoms with Gasteiger partial charge in [0.2, 0.25) is 5.91 Å². The normalized spacial score (nSPS) is 17.6. The van der Waals surface area contributed by atoms with E-state index in [-0.39, 0.29) is 11.9 Å². The molecule has 2 saturated heterocycles. The summed E-state index contributed by atoms with van der Waals surface area (Å²) in [7, 11) is 0. The molecule has 162 valence electrons. The summed E-state index contributed by atoms with van der Waals surface area (Å²) in [6.07, 6.45) is 4.89. The molecule has 0 spiro atoms. The van der Waals surface area contributed by atoms with Gasteiger partial charge in [0, 0.05) is 51.2 Å². The molecule has 1 aromatic heterocycles. The second-order valence-corrected chi connectivity index (χ2v) is 8.41. The van der Waals surface area contributed by atoms with Gasteiger partial charge in [0.15, 0.2) is 5.13 Å². The van der Waals surface area contributed by atoms with Gasteiger partial charge in [0.05, 0.1) is 25.3 Å². The molecule has 3 amide bonds. The lowest BCUT2D eigenvalue weighted by atomic mass is 10.2. The fourth-order valence-electron chi connectivity index (χ4n) is 3.60. The van der Waals surface area contributed by atoms with Crippen molar-refractivity contribution in [3.05, 3.63) is 11.1 Å². The SMILES string of the molecule is CCCCCCN(CCN1CCOCC1)C(=O)Cc1csc(N2CCNC2=O)n1. The third-order valence-corrected chi connectivity index (χ3v) is 6.30. The van der Waals surface area contributed by atoms with Crippen LogP contribution in [0.3, 0.4) is 0 Å². The first-order valence-electron chi connectivity index (χ1n) is 10.7. The largest absolute Gasteiger partial charge is 0.379 e. The predicted octanol–water partition coefficient (Wildman–Crippen LogP) is 1.96. The lowest BCUT2D eigenvalue weighted by Gasteiger charge is -2.30. The predicted molar refractivity (Wildman–Crippen MR) is 115 cm³/mol. The minimum absolute atomic E-state index is 0.111. The Morgan fingerprint density at radius 1 is 1.24 bits per heavy atom. The Morgan fingerprint density at radius 3 is 2.79 bits per heavy atom. The Labute approximate surface area is 177 Å². The average molecular weight is 424 g/mol. The Morgan fingerprint density at radius 2 is 2.07 bits per heavy atom. The summed E-state index contributed by atoms with van der Waals surface area (Å²) >= 11 is 1.43. The summed E-state index contributed by atoms with van der Waals surface area (Å²) < 4.78 is 5.42. The van der Waals surface area contributed by atoms with Crippen LogP contribution in [0.2, 0.25) is 0 Å². The van der Waals surface area contributed by atoms with E-state index in [0.29, 0.717) is 24.6 Å². The van der Waals surface area contributed by atoms with E-state index in [1.165, 1.54) is 24.2 Å². The number of hydrogen-bond acceptors (Lipinski definition) is 6. The Balaban J connectivity index is 1.54. The zero-order valence-electron chi connectivity index (χ0n) is 17.4. The molecule has 0 aliphatic carbocycles. The highest BCUT2D eigenvalue weighted by Gasteiger charge is 2.24. The molecule has 2 fully saturated rings. The zero-order chi connectivity index (χ0) is 20.5. The molecule has 2 aliphatic rings. The van der Waals surface area contributed by atoms with Crippen molar-refractivity contribution >= 4 is 28.4 Å². The van der Waals surface area contributed by atoms with Gasteiger partial charge in [-0.15, -0.1) is 11.3 Å². The third kappa shape index (κ3) is 6.65. The minimum atomic E-state index is -0.111. The molecule has 2 aliphatic heterocycles. The zero-order valence-corrected chi connectivity index (χ0v) is 18.2. The van der Waals surface area contributed by atoms with Gasteiger partial charge in [-0.2, -0.15) is 0 Å². The first-order valence-corrected chi connectivity index (χ1v) is 11.6. The molecular formula is C20H33N5O3S. The molecule has 3 rings (SSSR count). The number of aromatic nitrogens is 1. The van der Waals surface area contributed by atoms with Gasteiger partial charge in [0.1, 0.15) is 0 Å². The van der Waals surface area contributed by atoms with Crippen LogP contribution in [0.15, 0.2) is 5.38 Å². The average Bonchev–Trinajstić information content (AvgIpc) is 3.36. The highest BCUT2D eigenvalue weighted by molar-refractivity contribution is 7.14. The Kier molecular flexibility index (Phi) is 8.69. The smallest absolute Gasteiger partial charge is 0.323 e. The number of amides is 3. The first kappa shape index (κ1) is 22.0. The number of carbonyl (C=O) groups is 2. The maximum Gasteiger partial charge on any atom is 0.323 e. The highest BCUT2D eigenvalue weighted by atomic mass is 32.1. The summed E-state index contributed by atoms with van der Waals surface area (Å²) in [5, 5.41) is 5.35. The van der Waals surface area contributed by atoms with E-state index in [1.54, 1.807) is 4.90 Å². The topological polar surface area (TPSA) is 78.0 Å². The number of carbonyl (C=O) groups excluding carboxylic acids is 2. The molecule has 1 N–H and O–H groups in total. The number of morpholine rings is 1. The molecule has 1 aromatic rings. The third-order valence-electron chi connectivity index (χ3n) is 5.38. The quantitative estimate of drug-likeness (QED) is 0.551. The molecule has 0 bridgehead atoms. The van der Waals surface area contributed by atoms with Crippen molar-refractivity contribution in [1.29, 1.82) is 0 Å². The number of anilines is 1. The fourth-order valence-corrected chi connectivity index (χ4v) is 4.45. The summed E-state index contributed by atoms with van der Waals surface area (Å²) in [6.45, 7) is 9.32. The van der Waals surface area contributed by atoms with Crippen LogP contribution in [0.1, 0.15) is 38.3 Å². The molecule has 3 heterocycles. The van der Waals surface area contributed by atoms with Gasteiger partial charge in [-0.1, -0.05) is 26.2 Å². The first-order chi connectivity index (χ1) is 14.2. The molecule has 8 nitrogen and oxygen atoms in total. The van der Waals surface area contributed by atoms with E-state index >= 15 is 0 Å². The van der Waals surface area contributed by atoms with Gasteiger partial charge in [-0.3, -0.25) is 14.6 Å². The van der Waals surface area contributed by atoms with Crippen LogP contribution in [-0.4, -0.2) is 85.7 Å². The Bertz CT molecular complexity index is 662. The number of thiazole rings is 1. The second kappa shape index (κ2) is 11.5. The number of nitrogens with zero attached hydrogens (tertiary/aromatic N) is 4. The summed E-state index contributed by atoms with van der Waals surface area (Å²) in [5.41, 5.74) is 0.750. The Hall–Kier alpha value is -1.71. The summed E-state index contributed by atoms with van der Waals surface area (Å²) in [5.74, 6) is 0.123. The molecule has 0 atom stereocenters. The number of ether oxygens (including phenoxy) is 1. The van der Waals surface area contributed by atoms with Gasteiger partial charge < -0.3 is 15.0 Å². The van der Waals surface area contributed by atoms with Gasteiger partial charge in [-0.05, 0) is 6.42 Å². The molecular weight excluding hydrogens is 390 g/mol. The molecule has 0 unspecified atom stereocenters. The van der Waals surface area contributed by atoms with E-state index in [4.69, 9.17) is 4.74 Å². The lowest BCUT2D eigenvalue weighted by Crippen LogP contribution is -2.43. The van der Waals surface area contributed by atoms with E-state index in [0.717, 1.165) is 64.5 Å². The standard InChI is InChI=1S/C20H33N5O3S/c1-2-3-4-5-7-24(10-9-23-11-13-28-14-12-23)18(26)15-17-16-29-20(22-17)25-8-6-21-19(25)27/h16H,2-15H2,1H3,(H,21,27). The van der Waals surface area contributed by atoms with Gasteiger partial charge in [-0.25, -0.2) is 9.78 Å². The summed E-state index contributed by atoms with van der Waals surface area (Å²) in [6, 6.07) is -0.111. The van der Waals surface area contributed by atoms with Gasteiger partial charge >= 0.3 is 6.03 Å². The maximum absolute atomic E-state index is 13.0. The van der Waals surface area contributed by atoms with Crippen molar-refractivity contribution in [2.45, 2.75) is 39.0 Å². The van der Waals surface area contributed by atoms with Crippen LogP contribution in [0.25, 0.3) is 0 Å². The molecule has 0 saturated carbocycles. The number of hydrogen-bond donors (Lipinski definition) is 1. The van der Waals surface area contributed by atoms with E-state index < -0.39 is 0 Å². The maximum atomic E-state index is 13.0. The van der Waals surface area contributed by atoms with Crippen molar-refractivity contribution in [3.63, 3.8) is 0 Å². The van der Waals surface area contributed by atoms with Crippen LogP contribution in [0, 0.1) is 0 Å². The van der Waals surface area contributed by atoms with Gasteiger partial charge in [0.25, 0.3) is 0 Å². The van der Waals surface area contributed by atoms with Crippen LogP contribution in [0.4, 0.5) is 9.93 Å². The monoisotopic (exact) mass is 423 g/mol. The van der Waals surface area contributed by atoms with E-state index in [2.05, 4.69) is 22.1 Å². The van der Waals surface area contributed by atoms with Crippen molar-refractivity contribution in [2.75, 3.05) is 63.9 Å². The molecule has 9 heteroatoms. The van der Waals surface area contributed by atoms with E-state index in [1.807, 2.05) is 10.3 Å². The number of rotatable bonds is 11. The van der Waals surface area contributed by atoms with Crippen molar-refractivity contribution in [1.82, 2.24) is 20.1 Å². The molecule has 0 radical (unpaired) electrons. The lowest BCUT2D eigenvalue weighted by molar-refractivity contribution is -0.131. The number of unbranched alkanes of at least 4 members (excludes halogenated alkanes) is 3. The minimum Gasteiger partial charge on any atom is -0.379 e. The fraction of sp³-hybridized carbons (Fsp3) is 0.750. The number of urea groups is 1. The van der Waals surface area contributed by atoms with Crippen molar-refractivity contribution < 1.29 is 14.3 Å². The van der Waals surface area contributed by atoms with Crippen LogP contribution >= 0.6 is 11.3 Å².